The normalized spacial score (nSPS) is 16.9. The molecule has 9 heavy (non-hydrogen) atoms. The van der Waals surface area contributed by atoms with E-state index in [0.717, 1.165) is 4.24 Å². The Kier molecular flexibility index (Phi) is 8.35. The lowest BCUT2D eigenvalue weighted by atomic mass is 11.1. The molecule has 0 aromatic rings. The fourth-order valence-corrected chi connectivity index (χ4v) is 1.46. The Morgan fingerprint density at radius 3 is 2.22 bits per heavy atom. The summed E-state index contributed by atoms with van der Waals surface area (Å²) in [7, 11) is 0. The van der Waals surface area contributed by atoms with Gasteiger partial charge in [0.25, 0.3) is 0 Å². The third-order valence-corrected chi connectivity index (χ3v) is 1.80. The van der Waals surface area contributed by atoms with Crippen molar-refractivity contribution in [3.8, 4) is 0 Å². The van der Waals surface area contributed by atoms with Crippen LogP contribution in [0.15, 0.2) is 10.4 Å². The number of nitrogens with one attached hydrogen (secondary N) is 1. The first-order chi connectivity index (χ1) is 3.29. The molecule has 0 unspecified atom stereocenters. The second kappa shape index (κ2) is 5.88. The van der Waals surface area contributed by atoms with Gasteiger partial charge in [-0.25, -0.2) is 0 Å². The van der Waals surface area contributed by atoms with E-state index in [4.69, 9.17) is 0 Å². The molecule has 1 aliphatic heterocycles. The molecule has 0 saturated carbocycles. The van der Waals surface area contributed by atoms with Crippen molar-refractivity contribution in [3.05, 3.63) is 10.4 Å². The molecule has 0 fully saturated rings. The van der Waals surface area contributed by atoms with Crippen LogP contribution in [0.3, 0.4) is 0 Å². The van der Waals surface area contributed by atoms with Crippen LogP contribution in [-0.4, -0.2) is 3.82 Å². The molecule has 0 amide bonds. The molecule has 0 aromatic carbocycles. The summed E-state index contributed by atoms with van der Waals surface area (Å²) in [4.78, 5) is 0. The molecule has 0 radical (unpaired) electrons. The Balaban J connectivity index is 0. The smallest absolute Gasteiger partial charge is 0.0726 e. The number of nitrogens with zero attached hydrogens (tertiary/aromatic N) is 1. The number of hydrogen-bond acceptors (Lipinski definition) is 5. The first kappa shape index (κ1) is 12.8. The summed E-state index contributed by atoms with van der Waals surface area (Å²) < 4.78 is 2.50. The van der Waals surface area contributed by atoms with Gasteiger partial charge in [-0.15, -0.1) is 41.3 Å². The van der Waals surface area contributed by atoms with E-state index in [1.807, 2.05) is 0 Å². The zero-order chi connectivity index (χ0) is 5.28. The fraction of sp³-hybridized carbons (Fsp3) is 0. The minimum Gasteiger partial charge on any atom is -0.305 e. The summed E-state index contributed by atoms with van der Waals surface area (Å²) in [6.07, 6.45) is 1.76. The van der Waals surface area contributed by atoms with Gasteiger partial charge in [-0.1, -0.05) is 12.8 Å². The van der Waals surface area contributed by atoms with Gasteiger partial charge in [0.1, 0.15) is 0 Å². The van der Waals surface area contributed by atoms with Gasteiger partial charge in [-0.2, -0.15) is 0 Å². The van der Waals surface area contributed by atoms with Crippen LogP contribution in [0.4, 0.5) is 0 Å². The molecule has 0 aromatic heterocycles. The molecule has 2 nitrogen and oxygen atoms in total. The molecule has 56 valence electrons. The number of rotatable bonds is 0. The average molecular weight is 225 g/mol. The monoisotopic (exact) mass is 224 g/mol. The standard InChI is InChI=1S/C2H4N2S3.2ClH/c5-2-1-3-4(6)7-2;;/h1,3,5-6H;2*1H. The van der Waals surface area contributed by atoms with Gasteiger partial charge < -0.3 is 5.43 Å². The number of halogens is 2. The van der Waals surface area contributed by atoms with E-state index in [2.05, 4.69) is 30.9 Å². The molecule has 0 saturated heterocycles. The highest BCUT2D eigenvalue weighted by atomic mass is 35.5. The van der Waals surface area contributed by atoms with Crippen molar-refractivity contribution in [2.24, 2.45) is 0 Å². The molecule has 0 spiro atoms. The Labute approximate surface area is 81.7 Å². The predicted molar refractivity (Wildman–Crippen MR) is 53.1 cm³/mol. The lowest BCUT2D eigenvalue weighted by Gasteiger charge is -2.01. The Morgan fingerprint density at radius 1 is 1.56 bits per heavy atom. The first-order valence-electron chi connectivity index (χ1n) is 1.61. The molecule has 1 N–H and O–H groups in total. The van der Waals surface area contributed by atoms with Crippen molar-refractivity contribution in [1.29, 1.82) is 0 Å². The van der Waals surface area contributed by atoms with Crippen LogP contribution in [0.5, 0.6) is 0 Å². The lowest BCUT2D eigenvalue weighted by molar-refractivity contribution is 0.675. The molecular weight excluding hydrogens is 219 g/mol. The van der Waals surface area contributed by atoms with Gasteiger partial charge in [-0.3, -0.25) is 0 Å². The zero-order valence-electron chi connectivity index (χ0n) is 4.14. The third kappa shape index (κ3) is 4.52. The van der Waals surface area contributed by atoms with E-state index in [1.54, 1.807) is 10.0 Å². The summed E-state index contributed by atoms with van der Waals surface area (Å²) in [5, 5.41) is 0. The largest absolute Gasteiger partial charge is 0.305 e. The Morgan fingerprint density at radius 2 is 2.11 bits per heavy atom. The highest BCUT2D eigenvalue weighted by Gasteiger charge is 2.05. The van der Waals surface area contributed by atoms with Crippen molar-refractivity contribution in [2.45, 2.75) is 0 Å². The lowest BCUT2D eigenvalue weighted by Crippen LogP contribution is -2.10. The summed E-state index contributed by atoms with van der Waals surface area (Å²) in [6.45, 7) is 0. The zero-order valence-corrected chi connectivity index (χ0v) is 8.38. The third-order valence-electron chi connectivity index (χ3n) is 0.478. The Hall–Kier alpha value is 1.13. The highest BCUT2D eigenvalue weighted by molar-refractivity contribution is 8.18. The topological polar surface area (TPSA) is 15.3 Å². The summed E-state index contributed by atoms with van der Waals surface area (Å²) in [5.74, 6) is 0. The van der Waals surface area contributed by atoms with Gasteiger partial charge in [0.15, 0.2) is 0 Å². The average Bonchev–Trinajstić information content (AvgIpc) is 1.87. The van der Waals surface area contributed by atoms with Gasteiger partial charge in [0.2, 0.25) is 0 Å². The van der Waals surface area contributed by atoms with E-state index < -0.39 is 0 Å². The maximum absolute atomic E-state index is 4.02. The van der Waals surface area contributed by atoms with Gasteiger partial charge >= 0.3 is 0 Å². The number of hydrazine groups is 1. The van der Waals surface area contributed by atoms with Gasteiger partial charge in [-0.05, 0) is 11.9 Å². The van der Waals surface area contributed by atoms with Crippen molar-refractivity contribution in [1.82, 2.24) is 9.25 Å². The van der Waals surface area contributed by atoms with Crippen LogP contribution < -0.4 is 5.43 Å². The molecule has 1 rings (SSSR count). The highest BCUT2D eigenvalue weighted by Crippen LogP contribution is 2.27. The molecule has 1 heterocycles. The second-order valence-corrected chi connectivity index (χ2v) is 3.42. The molecular formula is C2H6Cl2N2S3. The van der Waals surface area contributed by atoms with Gasteiger partial charge in [0.05, 0.1) is 4.24 Å². The second-order valence-electron chi connectivity index (χ2n) is 0.976. The fourth-order valence-electron chi connectivity index (χ4n) is 0.252. The summed E-state index contributed by atoms with van der Waals surface area (Å²) >= 11 is 9.39. The quantitative estimate of drug-likeness (QED) is 0.431. The van der Waals surface area contributed by atoms with E-state index in [-0.39, 0.29) is 24.8 Å². The minimum atomic E-state index is 0. The minimum absolute atomic E-state index is 0. The van der Waals surface area contributed by atoms with Crippen molar-refractivity contribution in [3.63, 3.8) is 0 Å². The molecule has 0 atom stereocenters. The number of hydrogen-bond donors (Lipinski definition) is 3. The maximum Gasteiger partial charge on any atom is 0.0726 e. The number of thiol groups is 2. The molecule has 0 bridgehead atoms. The van der Waals surface area contributed by atoms with Crippen molar-refractivity contribution in [2.75, 3.05) is 0 Å². The van der Waals surface area contributed by atoms with E-state index >= 15 is 0 Å². The van der Waals surface area contributed by atoms with Crippen molar-refractivity contribution >= 4 is 62.2 Å². The van der Waals surface area contributed by atoms with Crippen LogP contribution in [0.25, 0.3) is 0 Å². The van der Waals surface area contributed by atoms with E-state index in [0.29, 0.717) is 0 Å². The summed E-state index contributed by atoms with van der Waals surface area (Å²) in [5.41, 5.74) is 2.79. The van der Waals surface area contributed by atoms with E-state index in [1.165, 1.54) is 11.9 Å². The predicted octanol–water partition coefficient (Wildman–Crippen LogP) is 1.87. The van der Waals surface area contributed by atoms with Crippen LogP contribution in [-0.2, 0) is 0 Å². The molecule has 7 heteroatoms. The van der Waals surface area contributed by atoms with E-state index in [9.17, 15) is 0 Å². The molecule has 1 aliphatic rings. The first-order valence-corrected chi connectivity index (χ1v) is 3.23. The Bertz CT molecular complexity index is 108. The maximum atomic E-state index is 4.02. The molecule has 0 aliphatic carbocycles. The van der Waals surface area contributed by atoms with Crippen molar-refractivity contribution < 1.29 is 0 Å². The van der Waals surface area contributed by atoms with Crippen LogP contribution >= 0.6 is 62.2 Å². The van der Waals surface area contributed by atoms with Crippen LogP contribution in [0.2, 0.25) is 0 Å². The van der Waals surface area contributed by atoms with Crippen LogP contribution in [0.1, 0.15) is 0 Å². The SMILES string of the molecule is Cl.Cl.SC1=CNN(S)S1. The van der Waals surface area contributed by atoms with Crippen LogP contribution in [0, 0.1) is 0 Å². The van der Waals surface area contributed by atoms with Gasteiger partial charge in [0, 0.05) is 6.20 Å². The summed E-state index contributed by atoms with van der Waals surface area (Å²) in [6, 6.07) is 0.